The van der Waals surface area contributed by atoms with Gasteiger partial charge in [0.15, 0.2) is 0 Å². The van der Waals surface area contributed by atoms with Crippen molar-refractivity contribution in [3.8, 4) is 0 Å². The fourth-order valence-corrected chi connectivity index (χ4v) is 3.93. The van der Waals surface area contributed by atoms with Crippen LogP contribution in [-0.4, -0.2) is 42.9 Å². The molecule has 2 aromatic rings. The maximum atomic E-state index is 12.1. The van der Waals surface area contributed by atoms with Crippen LogP contribution in [0.2, 0.25) is 0 Å². The Balaban J connectivity index is 1.49. The lowest BCUT2D eigenvalue weighted by molar-refractivity contribution is -0.120. The lowest BCUT2D eigenvalue weighted by Crippen LogP contribution is -2.41. The molecule has 0 bridgehead atoms. The molecule has 1 aliphatic heterocycles. The fourth-order valence-electron chi connectivity index (χ4n) is 3.07. The second kappa shape index (κ2) is 8.78. The number of carbonyl (C=O) groups is 2. The maximum Gasteiger partial charge on any atom is 0.251 e. The Morgan fingerprint density at radius 2 is 1.80 bits per heavy atom. The average Bonchev–Trinajstić information content (AvgIpc) is 3.35. The van der Waals surface area contributed by atoms with Gasteiger partial charge in [0.05, 0.1) is 12.6 Å². The minimum absolute atomic E-state index is 0.00904. The zero-order chi connectivity index (χ0) is 17.5. The second-order valence-electron chi connectivity index (χ2n) is 6.13. The third-order valence-corrected chi connectivity index (χ3v) is 5.36. The molecule has 3 rings (SSSR count). The number of hydrogen-bond donors (Lipinski definition) is 2. The van der Waals surface area contributed by atoms with E-state index in [9.17, 15) is 9.59 Å². The van der Waals surface area contributed by atoms with Crippen LogP contribution in [0.15, 0.2) is 47.8 Å². The molecule has 1 atom stereocenters. The number of nitrogens with one attached hydrogen (secondary N) is 2. The van der Waals surface area contributed by atoms with Crippen molar-refractivity contribution in [3.63, 3.8) is 0 Å². The molecule has 1 aromatic carbocycles. The number of benzene rings is 1. The molecule has 5 nitrogen and oxygen atoms in total. The number of rotatable bonds is 7. The molecule has 6 heteroatoms. The molecule has 132 valence electrons. The second-order valence-corrected chi connectivity index (χ2v) is 7.11. The highest BCUT2D eigenvalue weighted by Crippen LogP contribution is 2.27. The van der Waals surface area contributed by atoms with Crippen LogP contribution in [-0.2, 0) is 4.79 Å². The van der Waals surface area contributed by atoms with Gasteiger partial charge in [0.25, 0.3) is 5.91 Å². The minimum atomic E-state index is -0.231. The number of carbonyl (C=O) groups excluding carboxylic acids is 2. The summed E-state index contributed by atoms with van der Waals surface area (Å²) in [5.74, 6) is -0.393. The van der Waals surface area contributed by atoms with Crippen LogP contribution in [0.5, 0.6) is 0 Å². The monoisotopic (exact) mass is 357 g/mol. The molecule has 0 spiro atoms. The summed E-state index contributed by atoms with van der Waals surface area (Å²) >= 11 is 1.72. The fraction of sp³-hybridized carbons (Fsp3) is 0.368. The van der Waals surface area contributed by atoms with E-state index in [-0.39, 0.29) is 24.4 Å². The van der Waals surface area contributed by atoms with Gasteiger partial charge in [-0.1, -0.05) is 24.3 Å². The Hall–Kier alpha value is -2.18. The number of thiophene rings is 1. The number of nitrogens with zero attached hydrogens (tertiary/aromatic N) is 1. The number of amides is 2. The van der Waals surface area contributed by atoms with Crippen molar-refractivity contribution < 1.29 is 9.59 Å². The van der Waals surface area contributed by atoms with E-state index in [2.05, 4.69) is 27.0 Å². The highest BCUT2D eigenvalue weighted by Gasteiger charge is 2.24. The quantitative estimate of drug-likeness (QED) is 0.800. The highest BCUT2D eigenvalue weighted by molar-refractivity contribution is 7.10. The number of likely N-dealkylation sites (tertiary alicyclic amines) is 1. The molecule has 1 aromatic heterocycles. The van der Waals surface area contributed by atoms with Gasteiger partial charge in [-0.25, -0.2) is 0 Å². The van der Waals surface area contributed by atoms with Gasteiger partial charge >= 0.3 is 0 Å². The molecule has 2 heterocycles. The van der Waals surface area contributed by atoms with Crippen molar-refractivity contribution in [1.29, 1.82) is 0 Å². The largest absolute Gasteiger partial charge is 0.353 e. The lowest BCUT2D eigenvalue weighted by Gasteiger charge is -2.26. The van der Waals surface area contributed by atoms with E-state index in [1.807, 2.05) is 12.1 Å². The van der Waals surface area contributed by atoms with Crippen LogP contribution < -0.4 is 10.6 Å². The summed E-state index contributed by atoms with van der Waals surface area (Å²) in [4.78, 5) is 27.8. The van der Waals surface area contributed by atoms with Gasteiger partial charge in [-0.3, -0.25) is 14.5 Å². The smallest absolute Gasteiger partial charge is 0.251 e. The Morgan fingerprint density at radius 3 is 2.48 bits per heavy atom. The first-order chi connectivity index (χ1) is 12.2. The molecule has 1 unspecified atom stereocenters. The predicted octanol–water partition coefficient (Wildman–Crippen LogP) is 2.43. The van der Waals surface area contributed by atoms with E-state index < -0.39 is 0 Å². The Labute approximate surface area is 152 Å². The average molecular weight is 357 g/mol. The van der Waals surface area contributed by atoms with Crippen LogP contribution in [0.3, 0.4) is 0 Å². The van der Waals surface area contributed by atoms with Crippen LogP contribution in [0, 0.1) is 0 Å². The zero-order valence-corrected chi connectivity index (χ0v) is 14.9. The molecule has 1 saturated heterocycles. The van der Waals surface area contributed by atoms with E-state index in [4.69, 9.17) is 0 Å². The standard InChI is InChI=1S/C19H23N3O2S/c23-18(14-21-19(24)15-7-2-1-3-8-15)20-13-16(17-9-6-12-25-17)22-10-4-5-11-22/h1-3,6-9,12,16H,4-5,10-11,13-14H2,(H,20,23)(H,21,24). The normalized spacial score (nSPS) is 15.7. The Morgan fingerprint density at radius 1 is 1.04 bits per heavy atom. The summed E-state index contributed by atoms with van der Waals surface area (Å²) in [6, 6.07) is 13.3. The third-order valence-electron chi connectivity index (χ3n) is 4.39. The topological polar surface area (TPSA) is 61.4 Å². The van der Waals surface area contributed by atoms with Gasteiger partial charge < -0.3 is 10.6 Å². The summed E-state index contributed by atoms with van der Waals surface area (Å²) < 4.78 is 0. The molecule has 25 heavy (non-hydrogen) atoms. The molecule has 1 aliphatic rings. The van der Waals surface area contributed by atoms with E-state index in [0.29, 0.717) is 12.1 Å². The van der Waals surface area contributed by atoms with E-state index in [0.717, 1.165) is 13.1 Å². The van der Waals surface area contributed by atoms with Crippen molar-refractivity contribution in [2.24, 2.45) is 0 Å². The Kier molecular flexibility index (Phi) is 6.19. The van der Waals surface area contributed by atoms with Gasteiger partial charge in [-0.2, -0.15) is 0 Å². The van der Waals surface area contributed by atoms with E-state index in [1.54, 1.807) is 35.6 Å². The van der Waals surface area contributed by atoms with Gasteiger partial charge in [-0.05, 0) is 49.5 Å². The number of hydrogen-bond acceptors (Lipinski definition) is 4. The third kappa shape index (κ3) is 4.90. The maximum absolute atomic E-state index is 12.1. The van der Waals surface area contributed by atoms with E-state index in [1.165, 1.54) is 17.7 Å². The lowest BCUT2D eigenvalue weighted by atomic mass is 10.2. The summed E-state index contributed by atoms with van der Waals surface area (Å²) in [6.07, 6.45) is 2.42. The van der Waals surface area contributed by atoms with Crippen molar-refractivity contribution >= 4 is 23.2 Å². The Bertz CT molecular complexity index is 682. The van der Waals surface area contributed by atoms with Crippen LogP contribution in [0.1, 0.15) is 34.1 Å². The van der Waals surface area contributed by atoms with E-state index >= 15 is 0 Å². The van der Waals surface area contributed by atoms with Crippen LogP contribution in [0.4, 0.5) is 0 Å². The van der Waals surface area contributed by atoms with Gasteiger partial charge in [-0.15, -0.1) is 11.3 Å². The first-order valence-corrected chi connectivity index (χ1v) is 9.49. The minimum Gasteiger partial charge on any atom is -0.353 e. The molecule has 0 aliphatic carbocycles. The van der Waals surface area contributed by atoms with Crippen molar-refractivity contribution in [3.05, 3.63) is 58.3 Å². The van der Waals surface area contributed by atoms with Crippen molar-refractivity contribution in [2.75, 3.05) is 26.2 Å². The highest BCUT2D eigenvalue weighted by atomic mass is 32.1. The van der Waals surface area contributed by atoms with Crippen LogP contribution >= 0.6 is 11.3 Å². The molecule has 0 radical (unpaired) electrons. The summed E-state index contributed by atoms with van der Waals surface area (Å²) in [6.45, 7) is 2.71. The summed E-state index contributed by atoms with van der Waals surface area (Å²) in [5.41, 5.74) is 0.559. The summed E-state index contributed by atoms with van der Waals surface area (Å²) in [7, 11) is 0. The van der Waals surface area contributed by atoms with Crippen molar-refractivity contribution in [2.45, 2.75) is 18.9 Å². The van der Waals surface area contributed by atoms with Crippen molar-refractivity contribution in [1.82, 2.24) is 15.5 Å². The predicted molar refractivity (Wildman–Crippen MR) is 99.7 cm³/mol. The summed E-state index contributed by atoms with van der Waals surface area (Å²) in [5, 5.41) is 7.70. The molecular formula is C19H23N3O2S. The molecule has 2 amide bonds. The SMILES string of the molecule is O=C(CNC(=O)c1ccccc1)NCC(c1cccs1)N1CCCC1. The van der Waals surface area contributed by atoms with Gasteiger partial charge in [0.2, 0.25) is 5.91 Å². The van der Waals surface area contributed by atoms with Gasteiger partial charge in [0.1, 0.15) is 0 Å². The first-order valence-electron chi connectivity index (χ1n) is 8.61. The molecule has 1 fully saturated rings. The molecule has 2 N–H and O–H groups in total. The zero-order valence-electron chi connectivity index (χ0n) is 14.1. The van der Waals surface area contributed by atoms with Gasteiger partial charge in [0, 0.05) is 17.0 Å². The molecular weight excluding hydrogens is 334 g/mol. The first kappa shape index (κ1) is 17.6. The molecule has 0 saturated carbocycles. The van der Waals surface area contributed by atoms with Crippen LogP contribution in [0.25, 0.3) is 0 Å².